The van der Waals surface area contributed by atoms with Crippen LogP contribution in [0.25, 0.3) is 0 Å². The fourth-order valence-corrected chi connectivity index (χ4v) is 6.49. The zero-order chi connectivity index (χ0) is 30.3. The summed E-state index contributed by atoms with van der Waals surface area (Å²) in [7, 11) is -17.1. The third-order valence-corrected chi connectivity index (χ3v) is 8.96. The van der Waals surface area contributed by atoms with Crippen molar-refractivity contribution in [2.45, 2.75) is 37.1 Å². The lowest BCUT2D eigenvalue weighted by Gasteiger charge is -2.19. The number of aromatic nitrogens is 2. The molecule has 23 heteroatoms. The van der Waals surface area contributed by atoms with Gasteiger partial charge >= 0.3 is 35.3 Å². The molecule has 1 aliphatic heterocycles. The van der Waals surface area contributed by atoms with Gasteiger partial charge in [-0.05, 0) is 17.7 Å². The molecule has 0 aliphatic carbocycles. The first-order valence-electron chi connectivity index (χ1n) is 10.5. The summed E-state index contributed by atoms with van der Waals surface area (Å²) in [4.78, 5) is 62.3. The molecule has 0 bridgehead atoms. The van der Waals surface area contributed by atoms with Crippen molar-refractivity contribution in [1.29, 1.82) is 0 Å². The summed E-state index contributed by atoms with van der Waals surface area (Å²) in [5.41, 5.74) is -3.23. The lowest BCUT2D eigenvalue weighted by molar-refractivity contribution is -0.137. The Bertz CT molecular complexity index is 1490. The molecule has 1 aliphatic rings. The summed E-state index contributed by atoms with van der Waals surface area (Å²) in [6.07, 6.45) is -10.9. The summed E-state index contributed by atoms with van der Waals surface area (Å²) in [5.74, 6) is 0. The van der Waals surface area contributed by atoms with Crippen LogP contribution in [-0.4, -0.2) is 64.3 Å². The van der Waals surface area contributed by atoms with Gasteiger partial charge in [0.25, 0.3) is 5.56 Å². The number of alkyl halides is 3. The van der Waals surface area contributed by atoms with Gasteiger partial charge < -0.3 is 34.5 Å². The van der Waals surface area contributed by atoms with Crippen LogP contribution < -0.4 is 11.2 Å². The molecule has 1 fully saturated rings. The van der Waals surface area contributed by atoms with E-state index < -0.39 is 83.0 Å². The fraction of sp³-hybridized carbons (Fsp3) is 0.412. The highest BCUT2D eigenvalue weighted by Crippen LogP contribution is 2.66. The van der Waals surface area contributed by atoms with Gasteiger partial charge in [-0.15, -0.1) is 0 Å². The molecule has 1 aromatic heterocycles. The maximum Gasteiger partial charge on any atom is 0.490 e. The Hall–Kier alpha value is -2.02. The zero-order valence-electron chi connectivity index (χ0n) is 19.4. The molecule has 224 valence electrons. The number of rotatable bonds is 10. The van der Waals surface area contributed by atoms with Gasteiger partial charge in [0, 0.05) is 6.20 Å². The number of hydrogen-bond donors (Lipinski definition) is 7. The smallest absolute Gasteiger partial charge is 0.387 e. The average molecular weight is 642 g/mol. The van der Waals surface area contributed by atoms with Crippen LogP contribution in [0.4, 0.5) is 13.2 Å². The second-order valence-electron chi connectivity index (χ2n) is 8.13. The fourth-order valence-electron chi connectivity index (χ4n) is 3.46. The number of aliphatic hydroxyl groups excluding tert-OH is 2. The van der Waals surface area contributed by atoms with Gasteiger partial charge in [0.15, 0.2) is 0 Å². The number of aromatic amines is 1. The van der Waals surface area contributed by atoms with E-state index in [0.29, 0.717) is 0 Å². The minimum atomic E-state index is -5.83. The number of benzene rings is 1. The topological polar surface area (TPSA) is 264 Å². The molecule has 1 saturated heterocycles. The van der Waals surface area contributed by atoms with E-state index in [1.54, 1.807) is 0 Å². The number of nitrogens with zero attached hydrogens (tertiary/aromatic N) is 1. The van der Waals surface area contributed by atoms with Gasteiger partial charge in [-0.3, -0.25) is 18.9 Å². The predicted molar refractivity (Wildman–Crippen MR) is 121 cm³/mol. The van der Waals surface area contributed by atoms with Crippen LogP contribution in [0.2, 0.25) is 0 Å². The van der Waals surface area contributed by atoms with Crippen LogP contribution in [0.5, 0.6) is 0 Å². The first-order valence-corrected chi connectivity index (χ1v) is 15.0. The van der Waals surface area contributed by atoms with Gasteiger partial charge in [0.1, 0.15) is 24.4 Å². The average Bonchev–Trinajstić information content (AvgIpc) is 3.05. The highest BCUT2D eigenvalue weighted by Gasteiger charge is 2.47. The Balaban J connectivity index is 1.75. The van der Waals surface area contributed by atoms with E-state index in [-0.39, 0.29) is 12.1 Å². The number of nitrogens with one attached hydrogen (secondary N) is 1. The van der Waals surface area contributed by atoms with Gasteiger partial charge in [-0.25, -0.2) is 18.5 Å². The molecule has 0 spiro atoms. The lowest BCUT2D eigenvalue weighted by Crippen LogP contribution is -2.36. The Morgan fingerprint density at radius 3 is 2.10 bits per heavy atom. The Labute approximate surface area is 219 Å². The number of phosphoric ester groups is 1. The molecule has 2 aromatic rings. The summed E-state index contributed by atoms with van der Waals surface area (Å²) in [5, 5.41) is 20.6. The first kappa shape index (κ1) is 32.5. The van der Waals surface area contributed by atoms with Crippen LogP contribution in [0, 0.1) is 0 Å². The normalized spacial score (nSPS) is 24.9. The molecular formula is C17H20F3N2O15P3. The molecule has 7 N–H and O–H groups in total. The van der Waals surface area contributed by atoms with E-state index in [4.69, 9.17) is 19.4 Å². The number of halogens is 3. The molecule has 40 heavy (non-hydrogen) atoms. The summed E-state index contributed by atoms with van der Waals surface area (Å²) >= 11 is 0. The number of phosphoric acid groups is 3. The molecule has 3 rings (SSSR count). The number of hydrogen-bond acceptors (Lipinski definition) is 11. The quantitative estimate of drug-likeness (QED) is 0.170. The monoisotopic (exact) mass is 642 g/mol. The van der Waals surface area contributed by atoms with Crippen molar-refractivity contribution in [3.05, 3.63) is 68.0 Å². The van der Waals surface area contributed by atoms with E-state index in [1.165, 1.54) is 0 Å². The molecular weight excluding hydrogens is 622 g/mol. The SMILES string of the molecule is O=c1[nH]c(=O)n(Cc2ccc(C(F)(F)F)cc2)cc1[C@@H]1O[C@H](COP(=O)(O)OP(=O)(O)OP(=O)(O)O)[C@@H](O)[C@H]1O. The van der Waals surface area contributed by atoms with Crippen LogP contribution >= 0.6 is 23.5 Å². The van der Waals surface area contributed by atoms with Crippen LogP contribution in [-0.2, 0) is 44.3 Å². The number of H-pyrrole nitrogens is 1. The predicted octanol–water partition coefficient (Wildman–Crippen LogP) is 0.109. The van der Waals surface area contributed by atoms with Crippen molar-refractivity contribution in [3.8, 4) is 0 Å². The Morgan fingerprint density at radius 1 is 0.950 bits per heavy atom. The van der Waals surface area contributed by atoms with Crippen molar-refractivity contribution in [2.75, 3.05) is 6.61 Å². The van der Waals surface area contributed by atoms with E-state index >= 15 is 0 Å². The van der Waals surface area contributed by atoms with Crippen molar-refractivity contribution in [3.63, 3.8) is 0 Å². The molecule has 0 amide bonds. The largest absolute Gasteiger partial charge is 0.490 e. The number of ether oxygens (including phenoxy) is 1. The van der Waals surface area contributed by atoms with Crippen LogP contribution in [0.15, 0.2) is 40.1 Å². The molecule has 2 heterocycles. The standard InChI is InChI=1S/C17H20F3N2O15P3/c18-17(19,20)9-3-1-8(2-4-9)5-22-6-10(15(25)21-16(22)26)14-13(24)12(23)11(35-14)7-34-39(30,31)37-40(32,33)36-38(27,28)29/h1-4,6,11-14,23-24H,5,7H2,(H,30,31)(H,32,33)(H,21,25,26)(H2,27,28,29)/t11-,12-,13-,14+/m1/s1. The zero-order valence-corrected chi connectivity index (χ0v) is 22.1. The second kappa shape index (κ2) is 11.7. The van der Waals surface area contributed by atoms with Crippen LogP contribution in [0.3, 0.4) is 0 Å². The van der Waals surface area contributed by atoms with E-state index in [1.807, 2.05) is 4.98 Å². The van der Waals surface area contributed by atoms with Crippen LogP contribution in [0.1, 0.15) is 22.8 Å². The summed E-state index contributed by atoms with van der Waals surface area (Å²) in [6.45, 7) is -1.48. The molecule has 0 radical (unpaired) electrons. The van der Waals surface area contributed by atoms with Crippen molar-refractivity contribution >= 4 is 23.5 Å². The molecule has 0 saturated carbocycles. The minimum Gasteiger partial charge on any atom is -0.387 e. The molecule has 6 atom stereocenters. The maximum atomic E-state index is 12.8. The Kier molecular flexibility index (Phi) is 9.50. The van der Waals surface area contributed by atoms with Crippen molar-refractivity contribution < 1.29 is 74.5 Å². The maximum absolute atomic E-state index is 12.8. The lowest BCUT2D eigenvalue weighted by atomic mass is 10.0. The highest BCUT2D eigenvalue weighted by molar-refractivity contribution is 7.66. The number of aliphatic hydroxyl groups is 2. The van der Waals surface area contributed by atoms with E-state index in [0.717, 1.165) is 35.0 Å². The van der Waals surface area contributed by atoms with Gasteiger partial charge in [-0.1, -0.05) is 12.1 Å². The Morgan fingerprint density at radius 2 is 1.55 bits per heavy atom. The van der Waals surface area contributed by atoms with Gasteiger partial charge in [0.05, 0.1) is 24.3 Å². The highest BCUT2D eigenvalue weighted by atomic mass is 31.3. The van der Waals surface area contributed by atoms with Crippen molar-refractivity contribution in [1.82, 2.24) is 9.55 Å². The van der Waals surface area contributed by atoms with E-state index in [2.05, 4.69) is 13.1 Å². The minimum absolute atomic E-state index is 0.217. The summed E-state index contributed by atoms with van der Waals surface area (Å²) < 4.78 is 89.9. The first-order chi connectivity index (χ1) is 18.2. The third kappa shape index (κ3) is 8.50. The third-order valence-electron chi connectivity index (χ3n) is 5.16. The summed E-state index contributed by atoms with van der Waals surface area (Å²) in [6, 6.07) is 3.72. The van der Waals surface area contributed by atoms with E-state index in [9.17, 15) is 51.6 Å². The van der Waals surface area contributed by atoms with Gasteiger partial charge in [0.2, 0.25) is 0 Å². The van der Waals surface area contributed by atoms with Gasteiger partial charge in [-0.2, -0.15) is 21.8 Å². The van der Waals surface area contributed by atoms with Crippen molar-refractivity contribution in [2.24, 2.45) is 0 Å². The molecule has 17 nitrogen and oxygen atoms in total. The molecule has 2 unspecified atom stereocenters. The molecule has 1 aromatic carbocycles. The second-order valence-corrected chi connectivity index (χ2v) is 12.5.